The van der Waals surface area contributed by atoms with E-state index in [2.05, 4.69) is 47.9 Å². The number of carbonyl (C=O) groups excluding carboxylic acids is 1. The highest BCUT2D eigenvalue weighted by molar-refractivity contribution is 5.94. The number of Topliss-reactive ketones (excluding diaryl/α,β-unsaturated/α-hetero) is 1. The Hall–Kier alpha value is -3.02. The second-order valence-electron chi connectivity index (χ2n) is 9.31. The van der Waals surface area contributed by atoms with Gasteiger partial charge in [-0.1, -0.05) is 48.5 Å². The molecule has 0 aromatic heterocycles. The molecule has 34 heavy (non-hydrogen) atoms. The number of piperazine rings is 1. The summed E-state index contributed by atoms with van der Waals surface area (Å²) in [5.74, 6) is 0.700. The summed E-state index contributed by atoms with van der Waals surface area (Å²) in [4.78, 5) is 16.8. The van der Waals surface area contributed by atoms with Gasteiger partial charge in [-0.05, 0) is 61.7 Å². The average molecular weight is 461 g/mol. The van der Waals surface area contributed by atoms with Crippen molar-refractivity contribution in [3.63, 3.8) is 0 Å². The molecule has 0 unspecified atom stereocenters. The van der Waals surface area contributed by atoms with Crippen molar-refractivity contribution < 1.29 is 13.9 Å². The molecule has 1 fully saturated rings. The highest BCUT2D eigenvalue weighted by Crippen LogP contribution is 2.35. The van der Waals surface area contributed by atoms with Crippen molar-refractivity contribution in [2.24, 2.45) is 0 Å². The van der Waals surface area contributed by atoms with Crippen LogP contribution in [0.4, 0.5) is 4.39 Å². The maximum atomic E-state index is 13.3. The molecule has 0 bridgehead atoms. The second kappa shape index (κ2) is 10.5. The van der Waals surface area contributed by atoms with E-state index in [-0.39, 0.29) is 17.6 Å². The van der Waals surface area contributed by atoms with E-state index in [0.29, 0.717) is 12.1 Å². The summed E-state index contributed by atoms with van der Waals surface area (Å²) < 4.78 is 18.9. The molecule has 3 atom stereocenters. The van der Waals surface area contributed by atoms with Gasteiger partial charge in [-0.15, -0.1) is 0 Å². The Morgan fingerprint density at radius 2 is 1.68 bits per heavy atom. The monoisotopic (exact) mass is 460 g/mol. The predicted octanol–water partition coefficient (Wildman–Crippen LogP) is 5.72. The molecule has 1 aliphatic rings. The van der Waals surface area contributed by atoms with Gasteiger partial charge in [0.05, 0.1) is 13.2 Å². The largest absolute Gasteiger partial charge is 0.497 e. The highest BCUT2D eigenvalue weighted by atomic mass is 19.1. The van der Waals surface area contributed by atoms with Crippen LogP contribution in [0.25, 0.3) is 0 Å². The topological polar surface area (TPSA) is 32.8 Å². The van der Waals surface area contributed by atoms with E-state index < -0.39 is 0 Å². The quantitative estimate of drug-likeness (QED) is 0.422. The summed E-state index contributed by atoms with van der Waals surface area (Å²) in [7, 11) is 1.69. The van der Waals surface area contributed by atoms with Crippen LogP contribution in [0.5, 0.6) is 5.75 Å². The van der Waals surface area contributed by atoms with Crippen LogP contribution >= 0.6 is 0 Å². The van der Waals surface area contributed by atoms with Gasteiger partial charge in [0.2, 0.25) is 0 Å². The van der Waals surface area contributed by atoms with Gasteiger partial charge >= 0.3 is 0 Å². The van der Waals surface area contributed by atoms with Gasteiger partial charge in [-0.3, -0.25) is 14.6 Å². The molecule has 0 spiro atoms. The minimum atomic E-state index is -0.202. The maximum Gasteiger partial charge on any atom is 0.159 e. The molecule has 1 heterocycles. The van der Waals surface area contributed by atoms with E-state index in [0.717, 1.165) is 42.1 Å². The van der Waals surface area contributed by atoms with Crippen LogP contribution in [0.1, 0.15) is 53.9 Å². The van der Waals surface area contributed by atoms with E-state index in [1.54, 1.807) is 14.0 Å². The zero-order valence-corrected chi connectivity index (χ0v) is 20.4. The summed E-state index contributed by atoms with van der Waals surface area (Å²) in [6.07, 6.45) is 0. The van der Waals surface area contributed by atoms with Crippen LogP contribution < -0.4 is 4.74 Å². The predicted molar refractivity (Wildman–Crippen MR) is 134 cm³/mol. The van der Waals surface area contributed by atoms with E-state index in [9.17, 15) is 9.18 Å². The molecule has 0 saturated carbocycles. The van der Waals surface area contributed by atoms with Crippen molar-refractivity contribution in [3.8, 4) is 5.75 Å². The summed E-state index contributed by atoms with van der Waals surface area (Å²) in [6.45, 7) is 8.71. The van der Waals surface area contributed by atoms with Crippen molar-refractivity contribution in [1.82, 2.24) is 9.80 Å². The Bertz CT molecular complexity index is 1110. The smallest absolute Gasteiger partial charge is 0.159 e. The van der Waals surface area contributed by atoms with Crippen molar-refractivity contribution >= 4 is 5.78 Å². The first-order chi connectivity index (χ1) is 16.4. The SMILES string of the molecule is COc1cccc([C@H](c2ccc(C(C)=O)cc2)N2C[C@@H](C)N(Cc3ccc(F)cc3)C[C@@H]2C)c1. The average Bonchev–Trinajstić information content (AvgIpc) is 2.84. The zero-order chi connectivity index (χ0) is 24.2. The molecule has 0 aliphatic carbocycles. The van der Waals surface area contributed by atoms with Crippen LogP contribution in [0.2, 0.25) is 0 Å². The molecule has 0 amide bonds. The summed E-state index contributed by atoms with van der Waals surface area (Å²) in [5.41, 5.74) is 4.17. The number of carbonyl (C=O) groups is 1. The lowest BCUT2D eigenvalue weighted by atomic mass is 9.92. The number of benzene rings is 3. The fourth-order valence-electron chi connectivity index (χ4n) is 4.92. The standard InChI is InChI=1S/C29H33FN2O2/c1-20-18-32(21(2)17-31(20)19-23-8-14-27(30)15-9-23)29(26-6-5-7-28(16-26)34-4)25-12-10-24(11-13-25)22(3)33/h5-16,20-21,29H,17-19H2,1-4H3/t20-,21+,29+/m1/s1. The third kappa shape index (κ3) is 5.37. The lowest BCUT2D eigenvalue weighted by Gasteiger charge is -2.47. The molecule has 4 nitrogen and oxygen atoms in total. The molecule has 0 N–H and O–H groups in total. The number of rotatable bonds is 7. The third-order valence-corrected chi connectivity index (χ3v) is 6.84. The zero-order valence-electron chi connectivity index (χ0n) is 20.4. The number of ketones is 1. The van der Waals surface area contributed by atoms with Crippen molar-refractivity contribution in [3.05, 3.63) is 101 Å². The van der Waals surface area contributed by atoms with Crippen molar-refractivity contribution in [1.29, 1.82) is 0 Å². The molecular formula is C29H33FN2O2. The summed E-state index contributed by atoms with van der Waals surface area (Å²) in [5, 5.41) is 0. The number of nitrogens with zero attached hydrogens (tertiary/aromatic N) is 2. The van der Waals surface area contributed by atoms with E-state index in [4.69, 9.17) is 4.74 Å². The van der Waals surface area contributed by atoms with Gasteiger partial charge in [0, 0.05) is 37.3 Å². The minimum Gasteiger partial charge on any atom is -0.497 e. The number of hydrogen-bond donors (Lipinski definition) is 0. The Labute approximate surface area is 202 Å². The van der Waals surface area contributed by atoms with Gasteiger partial charge in [-0.2, -0.15) is 0 Å². The fourth-order valence-corrected chi connectivity index (χ4v) is 4.92. The Morgan fingerprint density at radius 3 is 2.32 bits per heavy atom. The molecule has 178 valence electrons. The van der Waals surface area contributed by atoms with Crippen LogP contribution in [-0.4, -0.2) is 47.9 Å². The van der Waals surface area contributed by atoms with Gasteiger partial charge in [0.1, 0.15) is 11.6 Å². The second-order valence-corrected chi connectivity index (χ2v) is 9.31. The Balaban J connectivity index is 1.63. The van der Waals surface area contributed by atoms with Gasteiger partial charge < -0.3 is 4.74 Å². The van der Waals surface area contributed by atoms with E-state index >= 15 is 0 Å². The molecule has 1 aliphatic heterocycles. The third-order valence-electron chi connectivity index (χ3n) is 6.84. The van der Waals surface area contributed by atoms with Crippen LogP contribution in [-0.2, 0) is 6.54 Å². The first-order valence-electron chi connectivity index (χ1n) is 11.8. The molecule has 0 radical (unpaired) electrons. The van der Waals surface area contributed by atoms with Crippen molar-refractivity contribution in [2.45, 2.75) is 45.4 Å². The Kier molecular flexibility index (Phi) is 7.44. The first-order valence-corrected chi connectivity index (χ1v) is 11.8. The molecule has 1 saturated heterocycles. The number of ether oxygens (including phenoxy) is 1. The lowest BCUT2D eigenvalue weighted by molar-refractivity contribution is 0.0195. The van der Waals surface area contributed by atoms with Crippen molar-refractivity contribution in [2.75, 3.05) is 20.2 Å². The number of halogens is 1. The summed E-state index contributed by atoms with van der Waals surface area (Å²) >= 11 is 0. The molecular weight excluding hydrogens is 427 g/mol. The number of methoxy groups -OCH3 is 1. The van der Waals surface area contributed by atoms with Crippen LogP contribution in [0.15, 0.2) is 72.8 Å². The van der Waals surface area contributed by atoms with E-state index in [1.807, 2.05) is 36.4 Å². The maximum absolute atomic E-state index is 13.3. The van der Waals surface area contributed by atoms with Gasteiger partial charge in [0.25, 0.3) is 0 Å². The molecule has 3 aromatic rings. The van der Waals surface area contributed by atoms with Gasteiger partial charge in [0.15, 0.2) is 5.78 Å². The Morgan fingerprint density at radius 1 is 0.971 bits per heavy atom. The normalized spacial score (nSPS) is 20.1. The number of hydrogen-bond acceptors (Lipinski definition) is 4. The molecule has 4 rings (SSSR count). The molecule has 5 heteroatoms. The first kappa shape index (κ1) is 24.1. The fraction of sp³-hybridized carbons (Fsp3) is 0.345. The summed E-state index contributed by atoms with van der Waals surface area (Å²) in [6, 6.07) is 23.7. The highest BCUT2D eigenvalue weighted by Gasteiger charge is 2.35. The van der Waals surface area contributed by atoms with E-state index in [1.165, 1.54) is 17.7 Å². The van der Waals surface area contributed by atoms with Gasteiger partial charge in [-0.25, -0.2) is 4.39 Å². The van der Waals surface area contributed by atoms with Crippen LogP contribution in [0, 0.1) is 5.82 Å². The lowest BCUT2D eigenvalue weighted by Crippen LogP contribution is -2.56. The minimum absolute atomic E-state index is 0.0431. The molecule has 3 aromatic carbocycles. The van der Waals surface area contributed by atoms with Crippen LogP contribution in [0.3, 0.4) is 0 Å².